The quantitative estimate of drug-likeness (QED) is 0.857. The van der Waals surface area contributed by atoms with E-state index in [0.29, 0.717) is 15.7 Å². The highest BCUT2D eigenvalue weighted by Crippen LogP contribution is 2.33. The van der Waals surface area contributed by atoms with E-state index < -0.39 is 0 Å². The topological polar surface area (TPSA) is 55.1 Å². The van der Waals surface area contributed by atoms with Crippen molar-refractivity contribution in [1.29, 1.82) is 0 Å². The molecule has 0 aliphatic heterocycles. The van der Waals surface area contributed by atoms with Gasteiger partial charge in [-0.05, 0) is 18.1 Å². The Labute approximate surface area is 125 Å². The van der Waals surface area contributed by atoms with Crippen LogP contribution in [0.15, 0.2) is 16.6 Å². The van der Waals surface area contributed by atoms with Gasteiger partial charge < -0.3 is 11.1 Å². The van der Waals surface area contributed by atoms with Gasteiger partial charge in [-0.15, -0.1) is 0 Å². The van der Waals surface area contributed by atoms with E-state index in [-0.39, 0.29) is 24.3 Å². The van der Waals surface area contributed by atoms with Crippen molar-refractivity contribution in [2.24, 2.45) is 11.7 Å². The molecule has 1 aromatic rings. The molecule has 0 radical (unpaired) electrons. The first-order valence-electron chi connectivity index (χ1n) is 5.51. The van der Waals surface area contributed by atoms with E-state index in [2.05, 4.69) is 21.2 Å². The van der Waals surface area contributed by atoms with Crippen LogP contribution >= 0.6 is 39.1 Å². The van der Waals surface area contributed by atoms with E-state index >= 15 is 0 Å². The minimum atomic E-state index is -0.192. The lowest BCUT2D eigenvalue weighted by Crippen LogP contribution is -2.31. The third-order valence-corrected chi connectivity index (χ3v) is 3.60. The summed E-state index contributed by atoms with van der Waals surface area (Å²) < 4.78 is 0.759. The fourth-order valence-electron chi connectivity index (χ4n) is 1.30. The van der Waals surface area contributed by atoms with Gasteiger partial charge in [-0.3, -0.25) is 4.79 Å². The maximum atomic E-state index is 11.8. The van der Waals surface area contributed by atoms with Gasteiger partial charge in [0.05, 0.1) is 15.7 Å². The molecule has 0 bridgehead atoms. The molecule has 0 aromatic heterocycles. The summed E-state index contributed by atoms with van der Waals surface area (Å²) in [5.41, 5.74) is 6.26. The van der Waals surface area contributed by atoms with Crippen LogP contribution in [0.25, 0.3) is 0 Å². The Morgan fingerprint density at radius 3 is 2.33 bits per heavy atom. The molecule has 3 nitrogen and oxygen atoms in total. The minimum Gasteiger partial charge on any atom is -0.327 e. The fraction of sp³-hybridized carbons (Fsp3) is 0.417. The van der Waals surface area contributed by atoms with Gasteiger partial charge in [0.1, 0.15) is 0 Å². The summed E-state index contributed by atoms with van der Waals surface area (Å²) in [6.45, 7) is 3.94. The van der Waals surface area contributed by atoms with Crippen LogP contribution in [0.3, 0.4) is 0 Å². The van der Waals surface area contributed by atoms with Crippen LogP contribution in [0.1, 0.15) is 20.3 Å². The lowest BCUT2D eigenvalue weighted by molar-refractivity contribution is -0.116. The Bertz CT molecular complexity index is 429. The molecule has 6 heteroatoms. The molecule has 1 unspecified atom stereocenters. The maximum Gasteiger partial charge on any atom is 0.226 e. The Hall–Kier alpha value is -0.290. The first kappa shape index (κ1) is 15.8. The van der Waals surface area contributed by atoms with Crippen LogP contribution in [0.4, 0.5) is 5.69 Å². The average molecular weight is 354 g/mol. The van der Waals surface area contributed by atoms with Gasteiger partial charge in [-0.1, -0.05) is 53.0 Å². The number of halogens is 3. The number of anilines is 1. The summed E-state index contributed by atoms with van der Waals surface area (Å²) in [4.78, 5) is 11.8. The van der Waals surface area contributed by atoms with Crippen LogP contribution < -0.4 is 11.1 Å². The van der Waals surface area contributed by atoms with E-state index in [4.69, 9.17) is 28.9 Å². The molecule has 0 fully saturated rings. The second-order valence-electron chi connectivity index (χ2n) is 4.40. The molecule has 3 N–H and O–H groups in total. The lowest BCUT2D eigenvalue weighted by atomic mass is 10.0. The van der Waals surface area contributed by atoms with E-state index in [1.54, 1.807) is 12.1 Å². The summed E-state index contributed by atoms with van der Waals surface area (Å²) in [6.07, 6.45) is 0.236. The molecule has 1 aromatic carbocycles. The predicted octanol–water partition coefficient (Wildman–Crippen LogP) is 4.07. The molecule has 1 rings (SSSR count). The van der Waals surface area contributed by atoms with Gasteiger partial charge >= 0.3 is 0 Å². The molecule has 1 amide bonds. The van der Waals surface area contributed by atoms with Crippen molar-refractivity contribution in [3.05, 3.63) is 26.7 Å². The molecular weight excluding hydrogens is 339 g/mol. The van der Waals surface area contributed by atoms with Gasteiger partial charge in [0, 0.05) is 16.9 Å². The van der Waals surface area contributed by atoms with Gasteiger partial charge in [0.2, 0.25) is 5.91 Å². The van der Waals surface area contributed by atoms with Gasteiger partial charge in [-0.2, -0.15) is 0 Å². The van der Waals surface area contributed by atoms with Crippen molar-refractivity contribution in [3.8, 4) is 0 Å². The van der Waals surface area contributed by atoms with Gasteiger partial charge in [0.15, 0.2) is 0 Å². The summed E-state index contributed by atoms with van der Waals surface area (Å²) in [5.74, 6) is 0.0499. The van der Waals surface area contributed by atoms with E-state index in [1.807, 2.05) is 13.8 Å². The standard InChI is InChI=1S/C12H15BrCl2N2O/c1-6(2)10(16)5-11(18)17-12-8(14)3-7(13)4-9(12)15/h3-4,6,10H,5,16H2,1-2H3,(H,17,18). The third kappa shape index (κ3) is 4.43. The Morgan fingerprint density at radius 2 is 1.89 bits per heavy atom. The number of carbonyl (C=O) groups is 1. The highest BCUT2D eigenvalue weighted by molar-refractivity contribution is 9.10. The van der Waals surface area contributed by atoms with Crippen molar-refractivity contribution >= 4 is 50.7 Å². The SMILES string of the molecule is CC(C)C(N)CC(=O)Nc1c(Cl)cc(Br)cc1Cl. The molecular formula is C12H15BrCl2N2O. The number of hydrogen-bond donors (Lipinski definition) is 2. The zero-order valence-electron chi connectivity index (χ0n) is 10.1. The van der Waals surface area contributed by atoms with Crippen molar-refractivity contribution in [3.63, 3.8) is 0 Å². The molecule has 100 valence electrons. The lowest BCUT2D eigenvalue weighted by Gasteiger charge is -2.16. The summed E-state index contributed by atoms with van der Waals surface area (Å²) in [5, 5.41) is 3.47. The first-order chi connectivity index (χ1) is 8.31. The molecule has 1 atom stereocenters. The maximum absolute atomic E-state index is 11.8. The number of rotatable bonds is 4. The van der Waals surface area contributed by atoms with Crippen molar-refractivity contribution < 1.29 is 4.79 Å². The van der Waals surface area contributed by atoms with Crippen molar-refractivity contribution in [2.45, 2.75) is 26.3 Å². The summed E-state index contributed by atoms with van der Waals surface area (Å²) in [7, 11) is 0. The third-order valence-electron chi connectivity index (χ3n) is 2.55. The van der Waals surface area contributed by atoms with Crippen LogP contribution in [0.2, 0.25) is 10.0 Å². The fourth-order valence-corrected chi connectivity index (χ4v) is 2.60. The molecule has 0 saturated carbocycles. The molecule has 0 spiro atoms. The highest BCUT2D eigenvalue weighted by Gasteiger charge is 2.15. The van der Waals surface area contributed by atoms with E-state index in [1.165, 1.54) is 0 Å². The van der Waals surface area contributed by atoms with Gasteiger partial charge in [0.25, 0.3) is 0 Å². The summed E-state index contributed by atoms with van der Waals surface area (Å²) in [6, 6.07) is 3.16. The second-order valence-corrected chi connectivity index (χ2v) is 6.13. The predicted molar refractivity (Wildman–Crippen MR) is 80.2 cm³/mol. The molecule has 18 heavy (non-hydrogen) atoms. The molecule has 0 aliphatic rings. The van der Waals surface area contributed by atoms with Gasteiger partial charge in [-0.25, -0.2) is 0 Å². The summed E-state index contributed by atoms with van der Waals surface area (Å²) >= 11 is 15.3. The molecule has 0 heterocycles. The Morgan fingerprint density at radius 1 is 1.39 bits per heavy atom. The van der Waals surface area contributed by atoms with E-state index in [9.17, 15) is 4.79 Å². The average Bonchev–Trinajstić information content (AvgIpc) is 2.23. The van der Waals surface area contributed by atoms with Crippen LogP contribution in [-0.2, 0) is 4.79 Å². The van der Waals surface area contributed by atoms with Crippen LogP contribution in [0.5, 0.6) is 0 Å². The minimum absolute atomic E-state index is 0.182. The zero-order chi connectivity index (χ0) is 13.9. The Kier molecular flexibility index (Phi) is 5.92. The number of benzene rings is 1. The number of carbonyl (C=O) groups excluding carboxylic acids is 1. The monoisotopic (exact) mass is 352 g/mol. The molecule has 0 saturated heterocycles. The largest absolute Gasteiger partial charge is 0.327 e. The smallest absolute Gasteiger partial charge is 0.226 e. The first-order valence-corrected chi connectivity index (χ1v) is 7.06. The number of nitrogens with one attached hydrogen (secondary N) is 1. The van der Waals surface area contributed by atoms with Crippen LogP contribution in [-0.4, -0.2) is 11.9 Å². The van der Waals surface area contributed by atoms with E-state index in [0.717, 1.165) is 4.47 Å². The van der Waals surface area contributed by atoms with Crippen molar-refractivity contribution in [1.82, 2.24) is 0 Å². The Balaban J connectivity index is 2.77. The highest BCUT2D eigenvalue weighted by atomic mass is 79.9. The zero-order valence-corrected chi connectivity index (χ0v) is 13.2. The van der Waals surface area contributed by atoms with Crippen LogP contribution in [0, 0.1) is 5.92 Å². The number of amides is 1. The van der Waals surface area contributed by atoms with Crippen molar-refractivity contribution in [2.75, 3.05) is 5.32 Å². The number of hydrogen-bond acceptors (Lipinski definition) is 2. The molecule has 0 aliphatic carbocycles. The second kappa shape index (κ2) is 6.75. The normalized spacial score (nSPS) is 12.6. The number of nitrogens with two attached hydrogens (primary N) is 1.